The van der Waals surface area contributed by atoms with E-state index in [-0.39, 0.29) is 0 Å². The Hall–Kier alpha value is -1.81. The fourth-order valence-corrected chi connectivity index (χ4v) is 2.21. The number of nitrogens with one attached hydrogen (secondary N) is 1. The molecule has 2 rings (SSSR count). The quantitative estimate of drug-likeness (QED) is 0.893. The molecule has 1 aromatic carbocycles. The van der Waals surface area contributed by atoms with E-state index in [0.717, 1.165) is 35.5 Å². The van der Waals surface area contributed by atoms with Gasteiger partial charge in [0.05, 0.1) is 10.7 Å². The Morgan fingerprint density at radius 2 is 2.11 bits per heavy atom. The molecule has 0 aliphatic rings. The van der Waals surface area contributed by atoms with Crippen molar-refractivity contribution in [3.8, 4) is 0 Å². The fourth-order valence-electron chi connectivity index (χ4n) is 1.94. The Morgan fingerprint density at radius 3 is 2.79 bits per heavy atom. The molecule has 0 saturated carbocycles. The van der Waals surface area contributed by atoms with Crippen LogP contribution in [0.25, 0.3) is 0 Å². The highest BCUT2D eigenvalue weighted by Gasteiger charge is 2.11. The molecule has 19 heavy (non-hydrogen) atoms. The van der Waals surface area contributed by atoms with E-state index in [0.29, 0.717) is 10.8 Å². The third-order valence-corrected chi connectivity index (χ3v) is 3.26. The molecule has 0 spiro atoms. The largest absolute Gasteiger partial charge is 0.383 e. The molecule has 0 fully saturated rings. The topological polar surface area (TPSA) is 63.8 Å². The lowest BCUT2D eigenvalue weighted by Gasteiger charge is -2.14. The van der Waals surface area contributed by atoms with Gasteiger partial charge in [0.2, 0.25) is 0 Å². The summed E-state index contributed by atoms with van der Waals surface area (Å²) in [6, 6.07) is 5.77. The molecule has 2 aromatic rings. The Morgan fingerprint density at radius 1 is 1.32 bits per heavy atom. The van der Waals surface area contributed by atoms with Crippen molar-refractivity contribution in [2.75, 3.05) is 11.1 Å². The highest BCUT2D eigenvalue weighted by atomic mass is 35.5. The first-order valence-corrected chi connectivity index (χ1v) is 6.62. The first-order valence-electron chi connectivity index (χ1n) is 6.25. The summed E-state index contributed by atoms with van der Waals surface area (Å²) < 4.78 is 0. The molecule has 0 saturated heterocycles. The van der Waals surface area contributed by atoms with Gasteiger partial charge >= 0.3 is 0 Å². The molecule has 1 heterocycles. The van der Waals surface area contributed by atoms with Gasteiger partial charge in [0.15, 0.2) is 0 Å². The van der Waals surface area contributed by atoms with E-state index in [2.05, 4.69) is 22.2 Å². The average molecular weight is 277 g/mol. The summed E-state index contributed by atoms with van der Waals surface area (Å²) in [7, 11) is 0. The number of hydrogen-bond acceptors (Lipinski definition) is 4. The lowest BCUT2D eigenvalue weighted by Crippen LogP contribution is -2.06. The van der Waals surface area contributed by atoms with E-state index in [1.54, 1.807) is 0 Å². The van der Waals surface area contributed by atoms with E-state index >= 15 is 0 Å². The second-order valence-corrected chi connectivity index (χ2v) is 4.80. The highest BCUT2D eigenvalue weighted by molar-refractivity contribution is 6.33. The van der Waals surface area contributed by atoms with Gasteiger partial charge in [0.1, 0.15) is 18.0 Å². The molecule has 0 atom stereocenters. The molecule has 0 radical (unpaired) electrons. The number of anilines is 3. The summed E-state index contributed by atoms with van der Waals surface area (Å²) in [6.07, 6.45) is 3.27. The second kappa shape index (κ2) is 5.89. The number of rotatable bonds is 4. The lowest BCUT2D eigenvalue weighted by molar-refractivity contribution is 0.908. The zero-order valence-corrected chi connectivity index (χ0v) is 11.8. The van der Waals surface area contributed by atoms with Crippen LogP contribution in [-0.4, -0.2) is 9.97 Å². The maximum atomic E-state index is 6.21. The number of aromatic nitrogens is 2. The number of nitrogens with zero attached hydrogens (tertiary/aromatic N) is 2. The van der Waals surface area contributed by atoms with E-state index in [9.17, 15) is 0 Å². The fraction of sp³-hybridized carbons (Fsp3) is 0.286. The molecule has 0 unspecified atom stereocenters. The van der Waals surface area contributed by atoms with Crippen molar-refractivity contribution < 1.29 is 0 Å². The van der Waals surface area contributed by atoms with Gasteiger partial charge in [-0.1, -0.05) is 37.1 Å². The first kappa shape index (κ1) is 13.6. The number of aryl methyl sites for hydroxylation is 1. The van der Waals surface area contributed by atoms with Crippen LogP contribution in [0.3, 0.4) is 0 Å². The summed E-state index contributed by atoms with van der Waals surface area (Å²) in [5.74, 6) is 1.25. The standard InChI is InChI=1S/C14H17ClN4/c1-3-5-10-13(16)17-8-18-14(10)19-12-9(2)6-4-7-11(12)15/h4,6-8H,3,5H2,1-2H3,(H3,16,17,18,19). The van der Waals surface area contributed by atoms with E-state index in [1.807, 2.05) is 25.1 Å². The molecule has 0 aliphatic carbocycles. The zero-order valence-electron chi connectivity index (χ0n) is 11.1. The van der Waals surface area contributed by atoms with Crippen LogP contribution in [-0.2, 0) is 6.42 Å². The molecule has 0 bridgehead atoms. The van der Waals surface area contributed by atoms with Gasteiger partial charge in [-0.25, -0.2) is 9.97 Å². The summed E-state index contributed by atoms with van der Waals surface area (Å²) in [6.45, 7) is 4.09. The molecule has 0 amide bonds. The molecule has 1 aromatic heterocycles. The molecular formula is C14H17ClN4. The van der Waals surface area contributed by atoms with Gasteiger partial charge < -0.3 is 11.1 Å². The van der Waals surface area contributed by atoms with Gasteiger partial charge in [0, 0.05) is 5.56 Å². The SMILES string of the molecule is CCCc1c(N)ncnc1Nc1c(C)cccc1Cl. The van der Waals surface area contributed by atoms with Crippen molar-refractivity contribution in [1.29, 1.82) is 0 Å². The Kier molecular flexibility index (Phi) is 4.22. The zero-order chi connectivity index (χ0) is 13.8. The third kappa shape index (κ3) is 2.96. The highest BCUT2D eigenvalue weighted by Crippen LogP contribution is 2.30. The van der Waals surface area contributed by atoms with Crippen LogP contribution >= 0.6 is 11.6 Å². The second-order valence-electron chi connectivity index (χ2n) is 4.39. The van der Waals surface area contributed by atoms with Crippen LogP contribution in [0, 0.1) is 6.92 Å². The van der Waals surface area contributed by atoms with Crippen molar-refractivity contribution in [3.63, 3.8) is 0 Å². The Labute approximate surface area is 118 Å². The maximum Gasteiger partial charge on any atom is 0.139 e. The van der Waals surface area contributed by atoms with Crippen molar-refractivity contribution in [2.45, 2.75) is 26.7 Å². The smallest absolute Gasteiger partial charge is 0.139 e. The molecular weight excluding hydrogens is 260 g/mol. The van der Waals surface area contributed by atoms with Gasteiger partial charge in [0.25, 0.3) is 0 Å². The lowest BCUT2D eigenvalue weighted by atomic mass is 10.1. The number of nitrogens with two attached hydrogens (primary N) is 1. The summed E-state index contributed by atoms with van der Waals surface area (Å²) in [5, 5.41) is 3.94. The molecule has 0 aliphatic heterocycles. The van der Waals surface area contributed by atoms with Crippen LogP contribution in [0.2, 0.25) is 5.02 Å². The number of nitrogen functional groups attached to an aromatic ring is 1. The minimum absolute atomic E-state index is 0.518. The van der Waals surface area contributed by atoms with Crippen molar-refractivity contribution in [3.05, 3.63) is 40.7 Å². The minimum atomic E-state index is 0.518. The molecule has 3 N–H and O–H groups in total. The van der Waals surface area contributed by atoms with Crippen LogP contribution in [0.4, 0.5) is 17.3 Å². The first-order chi connectivity index (χ1) is 9.13. The number of benzene rings is 1. The number of para-hydroxylation sites is 1. The summed E-state index contributed by atoms with van der Waals surface area (Å²) in [4.78, 5) is 8.31. The van der Waals surface area contributed by atoms with Gasteiger partial charge in [-0.15, -0.1) is 0 Å². The van der Waals surface area contributed by atoms with E-state index in [1.165, 1.54) is 6.33 Å². The van der Waals surface area contributed by atoms with Crippen LogP contribution in [0.15, 0.2) is 24.5 Å². The Balaban J connectivity index is 2.41. The monoisotopic (exact) mass is 276 g/mol. The molecule has 5 heteroatoms. The van der Waals surface area contributed by atoms with Crippen molar-refractivity contribution in [2.24, 2.45) is 0 Å². The van der Waals surface area contributed by atoms with Crippen molar-refractivity contribution >= 4 is 28.9 Å². The maximum absolute atomic E-state index is 6.21. The summed E-state index contributed by atoms with van der Waals surface area (Å²) in [5.41, 5.74) is 8.77. The number of hydrogen-bond donors (Lipinski definition) is 2. The van der Waals surface area contributed by atoms with Gasteiger partial charge in [-0.2, -0.15) is 0 Å². The predicted octanol–water partition coefficient (Wildman–Crippen LogP) is 3.72. The Bertz CT molecular complexity index is 563. The molecule has 100 valence electrons. The van der Waals surface area contributed by atoms with Crippen LogP contribution < -0.4 is 11.1 Å². The average Bonchev–Trinajstić information content (AvgIpc) is 2.38. The van der Waals surface area contributed by atoms with Gasteiger partial charge in [-0.3, -0.25) is 0 Å². The molecule has 4 nitrogen and oxygen atoms in total. The van der Waals surface area contributed by atoms with E-state index < -0.39 is 0 Å². The van der Waals surface area contributed by atoms with E-state index in [4.69, 9.17) is 17.3 Å². The summed E-state index contributed by atoms with van der Waals surface area (Å²) >= 11 is 6.21. The third-order valence-electron chi connectivity index (χ3n) is 2.94. The van der Waals surface area contributed by atoms with Crippen LogP contribution in [0.5, 0.6) is 0 Å². The van der Waals surface area contributed by atoms with Crippen LogP contribution in [0.1, 0.15) is 24.5 Å². The minimum Gasteiger partial charge on any atom is -0.383 e. The predicted molar refractivity (Wildman–Crippen MR) is 79.9 cm³/mol. The van der Waals surface area contributed by atoms with Crippen molar-refractivity contribution in [1.82, 2.24) is 9.97 Å². The number of halogens is 1. The van der Waals surface area contributed by atoms with Gasteiger partial charge in [-0.05, 0) is 25.0 Å². The normalized spacial score (nSPS) is 10.5.